The molecule has 4 nitrogen and oxygen atoms in total. The van der Waals surface area contributed by atoms with Gasteiger partial charge in [-0.05, 0) is 24.3 Å². The summed E-state index contributed by atoms with van der Waals surface area (Å²) < 4.78 is 9.89. The van der Waals surface area contributed by atoms with Crippen molar-refractivity contribution >= 4 is 40.8 Å². The second-order valence-electron chi connectivity index (χ2n) is 3.98. The first-order valence-corrected chi connectivity index (χ1v) is 6.89. The fourth-order valence-electron chi connectivity index (χ4n) is 1.78. The predicted octanol–water partition coefficient (Wildman–Crippen LogP) is 4.50. The lowest BCUT2D eigenvalue weighted by Gasteiger charge is -2.12. The molecule has 0 saturated heterocycles. The van der Waals surface area contributed by atoms with Gasteiger partial charge in [0.25, 0.3) is 0 Å². The summed E-state index contributed by atoms with van der Waals surface area (Å²) >= 11 is 18.3. The molecule has 21 heavy (non-hydrogen) atoms. The maximum absolute atomic E-state index is 11.6. The molecule has 2 aromatic rings. The van der Waals surface area contributed by atoms with E-state index in [-0.39, 0.29) is 5.69 Å². The van der Waals surface area contributed by atoms with Gasteiger partial charge in [-0.1, -0.05) is 34.8 Å². The fourth-order valence-corrected chi connectivity index (χ4v) is 2.77. The summed E-state index contributed by atoms with van der Waals surface area (Å²) in [5.41, 5.74) is 0.896. The van der Waals surface area contributed by atoms with Gasteiger partial charge >= 0.3 is 5.97 Å². The average molecular weight is 347 g/mol. The monoisotopic (exact) mass is 345 g/mol. The van der Waals surface area contributed by atoms with Crippen molar-refractivity contribution in [1.82, 2.24) is 4.98 Å². The van der Waals surface area contributed by atoms with Crippen molar-refractivity contribution in [2.24, 2.45) is 0 Å². The number of benzene rings is 1. The van der Waals surface area contributed by atoms with Crippen molar-refractivity contribution in [3.05, 3.63) is 45.0 Å². The van der Waals surface area contributed by atoms with Crippen LogP contribution in [0.25, 0.3) is 11.3 Å². The highest BCUT2D eigenvalue weighted by Gasteiger charge is 2.19. The van der Waals surface area contributed by atoms with E-state index in [0.29, 0.717) is 32.1 Å². The Bertz CT molecular complexity index is 681. The summed E-state index contributed by atoms with van der Waals surface area (Å²) in [5, 5.41) is 1.01. The van der Waals surface area contributed by atoms with Gasteiger partial charge in [-0.2, -0.15) is 0 Å². The molecule has 0 aliphatic carbocycles. The van der Waals surface area contributed by atoms with Crippen LogP contribution in [0.15, 0.2) is 24.3 Å². The highest BCUT2D eigenvalue weighted by molar-refractivity contribution is 6.41. The summed E-state index contributed by atoms with van der Waals surface area (Å²) in [6, 6.07) is 6.16. The van der Waals surface area contributed by atoms with Crippen LogP contribution in [0.3, 0.4) is 0 Å². The molecule has 0 N–H and O–H groups in total. The van der Waals surface area contributed by atoms with Crippen LogP contribution in [0, 0.1) is 0 Å². The number of esters is 1. The van der Waals surface area contributed by atoms with Crippen LogP contribution in [0.4, 0.5) is 0 Å². The quantitative estimate of drug-likeness (QED) is 0.768. The minimum absolute atomic E-state index is 0.121. The van der Waals surface area contributed by atoms with Gasteiger partial charge in [0.2, 0.25) is 0 Å². The van der Waals surface area contributed by atoms with E-state index in [4.69, 9.17) is 39.5 Å². The number of carbonyl (C=O) groups excluding carboxylic acids is 1. The van der Waals surface area contributed by atoms with E-state index < -0.39 is 5.97 Å². The smallest absolute Gasteiger partial charge is 0.356 e. The zero-order valence-corrected chi connectivity index (χ0v) is 13.4. The minimum atomic E-state index is -0.569. The molecule has 0 saturated carbocycles. The number of ether oxygens (including phenoxy) is 2. The van der Waals surface area contributed by atoms with Crippen molar-refractivity contribution in [3.63, 3.8) is 0 Å². The van der Waals surface area contributed by atoms with Crippen LogP contribution in [0.1, 0.15) is 10.5 Å². The van der Waals surface area contributed by atoms with Gasteiger partial charge in [0.15, 0.2) is 0 Å². The van der Waals surface area contributed by atoms with Gasteiger partial charge in [-0.25, -0.2) is 9.78 Å². The number of pyridine rings is 1. The summed E-state index contributed by atoms with van der Waals surface area (Å²) in [6.07, 6.45) is 0. The Morgan fingerprint density at radius 2 is 1.71 bits per heavy atom. The van der Waals surface area contributed by atoms with E-state index in [1.54, 1.807) is 6.07 Å². The number of hydrogen-bond donors (Lipinski definition) is 0. The summed E-state index contributed by atoms with van der Waals surface area (Å²) in [4.78, 5) is 15.8. The van der Waals surface area contributed by atoms with Crippen LogP contribution in [0.2, 0.25) is 15.1 Å². The van der Waals surface area contributed by atoms with E-state index in [9.17, 15) is 4.79 Å². The van der Waals surface area contributed by atoms with Gasteiger partial charge in [0.05, 0.1) is 24.3 Å². The van der Waals surface area contributed by atoms with Crippen molar-refractivity contribution in [3.8, 4) is 17.0 Å². The van der Waals surface area contributed by atoms with Crippen molar-refractivity contribution < 1.29 is 14.3 Å². The van der Waals surface area contributed by atoms with Crippen molar-refractivity contribution in [1.29, 1.82) is 0 Å². The molecule has 0 aliphatic rings. The number of nitrogens with zero attached hydrogens (tertiary/aromatic N) is 1. The molecule has 0 atom stereocenters. The first-order valence-electron chi connectivity index (χ1n) is 5.76. The van der Waals surface area contributed by atoms with E-state index in [1.807, 2.05) is 0 Å². The maximum atomic E-state index is 11.6. The van der Waals surface area contributed by atoms with E-state index in [0.717, 1.165) is 0 Å². The third-order valence-electron chi connectivity index (χ3n) is 2.72. The molecule has 0 amide bonds. The van der Waals surface area contributed by atoms with Crippen LogP contribution in [-0.2, 0) is 4.74 Å². The SMILES string of the molecule is COC(=O)c1ccc(OC)c(-c2c(Cl)cc(Cl)cc2Cl)n1. The normalized spacial score (nSPS) is 10.3. The molecule has 0 spiro atoms. The van der Waals surface area contributed by atoms with E-state index in [2.05, 4.69) is 9.72 Å². The van der Waals surface area contributed by atoms with Gasteiger partial charge in [0, 0.05) is 10.6 Å². The summed E-state index contributed by atoms with van der Waals surface area (Å²) in [7, 11) is 2.76. The minimum Gasteiger partial charge on any atom is -0.494 e. The van der Waals surface area contributed by atoms with Crippen LogP contribution in [0.5, 0.6) is 5.75 Å². The molecule has 0 radical (unpaired) electrons. The molecule has 0 fully saturated rings. The topological polar surface area (TPSA) is 48.4 Å². The fraction of sp³-hybridized carbons (Fsp3) is 0.143. The van der Waals surface area contributed by atoms with Gasteiger partial charge in [0.1, 0.15) is 17.1 Å². The highest BCUT2D eigenvalue weighted by atomic mass is 35.5. The molecule has 1 aromatic carbocycles. The number of halogens is 3. The number of rotatable bonds is 3. The molecule has 1 heterocycles. The Morgan fingerprint density at radius 1 is 1.10 bits per heavy atom. The highest BCUT2D eigenvalue weighted by Crippen LogP contribution is 2.40. The van der Waals surface area contributed by atoms with Crippen LogP contribution in [-0.4, -0.2) is 25.2 Å². The third kappa shape index (κ3) is 3.23. The number of aromatic nitrogens is 1. The van der Waals surface area contributed by atoms with Crippen molar-refractivity contribution in [2.45, 2.75) is 0 Å². The Balaban J connectivity index is 2.70. The number of methoxy groups -OCH3 is 2. The van der Waals surface area contributed by atoms with E-state index in [1.165, 1.54) is 32.4 Å². The number of hydrogen-bond acceptors (Lipinski definition) is 4. The predicted molar refractivity (Wildman–Crippen MR) is 82.6 cm³/mol. The Morgan fingerprint density at radius 3 is 2.24 bits per heavy atom. The second-order valence-corrected chi connectivity index (χ2v) is 5.23. The maximum Gasteiger partial charge on any atom is 0.356 e. The molecule has 0 bridgehead atoms. The lowest BCUT2D eigenvalue weighted by Crippen LogP contribution is -2.06. The van der Waals surface area contributed by atoms with Gasteiger partial charge in [-0.15, -0.1) is 0 Å². The standard InChI is InChI=1S/C14H10Cl3NO3/c1-20-11-4-3-10(14(19)21-2)18-13(11)12-8(16)5-7(15)6-9(12)17/h3-6H,1-2H3. The Kier molecular flexibility index (Phi) is 4.93. The number of carbonyl (C=O) groups is 1. The zero-order chi connectivity index (χ0) is 15.6. The first-order chi connectivity index (χ1) is 9.97. The Labute approximate surface area is 136 Å². The van der Waals surface area contributed by atoms with E-state index >= 15 is 0 Å². The third-order valence-corrected chi connectivity index (χ3v) is 3.53. The molecule has 7 heteroatoms. The lowest BCUT2D eigenvalue weighted by atomic mass is 10.1. The zero-order valence-electron chi connectivity index (χ0n) is 11.1. The first kappa shape index (κ1) is 15.9. The molecule has 110 valence electrons. The molecular formula is C14H10Cl3NO3. The second kappa shape index (κ2) is 6.52. The summed E-state index contributed by atoms with van der Waals surface area (Å²) in [6.45, 7) is 0. The van der Waals surface area contributed by atoms with Crippen LogP contribution < -0.4 is 4.74 Å². The molecule has 2 rings (SSSR count). The average Bonchev–Trinajstić information content (AvgIpc) is 2.45. The largest absolute Gasteiger partial charge is 0.494 e. The summed E-state index contributed by atoms with van der Waals surface area (Å²) in [5.74, 6) is -0.145. The van der Waals surface area contributed by atoms with Crippen molar-refractivity contribution in [2.75, 3.05) is 14.2 Å². The molecular weight excluding hydrogens is 337 g/mol. The van der Waals surface area contributed by atoms with Crippen LogP contribution >= 0.6 is 34.8 Å². The molecule has 1 aromatic heterocycles. The Hall–Kier alpha value is -1.49. The van der Waals surface area contributed by atoms with Gasteiger partial charge in [-0.3, -0.25) is 0 Å². The lowest BCUT2D eigenvalue weighted by molar-refractivity contribution is 0.0594. The van der Waals surface area contributed by atoms with Gasteiger partial charge < -0.3 is 9.47 Å². The molecule has 0 aliphatic heterocycles. The molecule has 0 unspecified atom stereocenters.